The fourth-order valence-corrected chi connectivity index (χ4v) is 4.82. The van der Waals surface area contributed by atoms with Crippen molar-refractivity contribution < 1.29 is 17.9 Å². The fraction of sp³-hybridized carbons (Fsp3) is 0.0476. The second-order valence-corrected chi connectivity index (χ2v) is 9.14. The van der Waals surface area contributed by atoms with E-state index in [2.05, 4.69) is 9.82 Å². The molecule has 0 unspecified atom stereocenters. The van der Waals surface area contributed by atoms with E-state index in [1.165, 1.54) is 18.2 Å². The number of nitrogens with zero attached hydrogens (tertiary/aromatic N) is 2. The van der Waals surface area contributed by atoms with E-state index < -0.39 is 16.0 Å². The smallest absolute Gasteiger partial charge is 0.340 e. The Morgan fingerprint density at radius 1 is 1.03 bits per heavy atom. The summed E-state index contributed by atoms with van der Waals surface area (Å²) in [5.74, 6) is -0.632. The first-order valence-electron chi connectivity index (χ1n) is 8.94. The van der Waals surface area contributed by atoms with Gasteiger partial charge in [0, 0.05) is 11.8 Å². The molecular formula is C21H17N3O4S2. The van der Waals surface area contributed by atoms with E-state index in [0.29, 0.717) is 5.56 Å². The third-order valence-corrected chi connectivity index (χ3v) is 6.94. The van der Waals surface area contributed by atoms with Gasteiger partial charge in [0.2, 0.25) is 0 Å². The SMILES string of the molecule is O=C(OCc1cnn(-c2ccccc2)c1)c1ccccc1NS(=O)(=O)c1cccs1. The summed E-state index contributed by atoms with van der Waals surface area (Å²) in [5.41, 5.74) is 1.90. The summed E-state index contributed by atoms with van der Waals surface area (Å²) < 4.78 is 34.7. The van der Waals surface area contributed by atoms with Crippen molar-refractivity contribution in [1.82, 2.24) is 9.78 Å². The highest BCUT2D eigenvalue weighted by molar-refractivity contribution is 7.94. The lowest BCUT2D eigenvalue weighted by Gasteiger charge is -2.11. The maximum absolute atomic E-state index is 12.6. The zero-order valence-corrected chi connectivity index (χ0v) is 17.3. The Bertz CT molecular complexity index is 1250. The molecule has 7 nitrogen and oxygen atoms in total. The van der Waals surface area contributed by atoms with Crippen LogP contribution in [-0.4, -0.2) is 24.2 Å². The van der Waals surface area contributed by atoms with E-state index in [1.807, 2.05) is 30.3 Å². The fourth-order valence-electron chi connectivity index (χ4n) is 2.74. The van der Waals surface area contributed by atoms with Crippen LogP contribution in [-0.2, 0) is 21.4 Å². The molecule has 0 saturated heterocycles. The molecule has 4 aromatic rings. The van der Waals surface area contributed by atoms with Gasteiger partial charge in [0.05, 0.1) is 23.1 Å². The molecule has 2 aromatic carbocycles. The van der Waals surface area contributed by atoms with Crippen LogP contribution >= 0.6 is 11.3 Å². The minimum atomic E-state index is -3.77. The normalized spacial score (nSPS) is 11.2. The van der Waals surface area contributed by atoms with Gasteiger partial charge in [-0.25, -0.2) is 17.9 Å². The molecule has 0 spiro atoms. The number of carbonyl (C=O) groups is 1. The van der Waals surface area contributed by atoms with Gasteiger partial charge in [-0.05, 0) is 35.7 Å². The average Bonchev–Trinajstić information content (AvgIpc) is 3.45. The molecule has 2 heterocycles. The number of ether oxygens (including phenoxy) is 1. The summed E-state index contributed by atoms with van der Waals surface area (Å²) in [6.45, 7) is 0.0116. The lowest BCUT2D eigenvalue weighted by molar-refractivity contribution is 0.0474. The van der Waals surface area contributed by atoms with Gasteiger partial charge in [-0.3, -0.25) is 4.72 Å². The molecule has 0 amide bonds. The molecule has 2 aromatic heterocycles. The molecule has 0 radical (unpaired) electrons. The molecule has 0 atom stereocenters. The van der Waals surface area contributed by atoms with E-state index >= 15 is 0 Å². The molecule has 152 valence electrons. The number of esters is 1. The second kappa shape index (κ2) is 8.52. The number of rotatable bonds is 7. The van der Waals surface area contributed by atoms with E-state index in [-0.39, 0.29) is 22.1 Å². The summed E-state index contributed by atoms with van der Waals surface area (Å²) in [5, 5.41) is 5.94. The highest BCUT2D eigenvalue weighted by Gasteiger charge is 2.20. The van der Waals surface area contributed by atoms with Crippen LogP contribution in [0.4, 0.5) is 5.69 Å². The third-order valence-electron chi connectivity index (χ3n) is 4.18. The predicted octanol–water partition coefficient (Wildman–Crippen LogP) is 4.09. The highest BCUT2D eigenvalue weighted by Crippen LogP contribution is 2.23. The molecule has 0 aliphatic rings. The van der Waals surface area contributed by atoms with Crippen molar-refractivity contribution in [2.24, 2.45) is 0 Å². The summed E-state index contributed by atoms with van der Waals surface area (Å²) in [6, 6.07) is 19.0. The van der Waals surface area contributed by atoms with Gasteiger partial charge in [-0.1, -0.05) is 36.4 Å². The Labute approximate surface area is 177 Å². The molecule has 0 saturated carbocycles. The van der Waals surface area contributed by atoms with Crippen LogP contribution in [0.25, 0.3) is 5.69 Å². The van der Waals surface area contributed by atoms with E-state index in [9.17, 15) is 13.2 Å². The number of benzene rings is 2. The summed E-state index contributed by atoms with van der Waals surface area (Å²) in [4.78, 5) is 12.6. The number of hydrogen-bond acceptors (Lipinski definition) is 6. The average molecular weight is 440 g/mol. The molecule has 4 rings (SSSR count). The van der Waals surface area contributed by atoms with Crippen LogP contribution in [0.1, 0.15) is 15.9 Å². The van der Waals surface area contributed by atoms with Crippen molar-refractivity contribution in [3.05, 3.63) is 95.6 Å². The van der Waals surface area contributed by atoms with Crippen LogP contribution in [0.2, 0.25) is 0 Å². The minimum Gasteiger partial charge on any atom is -0.457 e. The maximum Gasteiger partial charge on any atom is 0.340 e. The standard InChI is InChI=1S/C21H17N3O4S2/c25-21(28-15-16-13-22-24(14-16)17-7-2-1-3-8-17)18-9-4-5-10-19(18)23-30(26,27)20-11-6-12-29-20/h1-14,23H,15H2. The molecule has 1 N–H and O–H groups in total. The molecular weight excluding hydrogens is 422 g/mol. The van der Waals surface area contributed by atoms with E-state index in [1.54, 1.807) is 40.7 Å². The molecule has 0 fully saturated rings. The molecule has 0 bridgehead atoms. The van der Waals surface area contributed by atoms with Gasteiger partial charge in [-0.15, -0.1) is 11.3 Å². The molecule has 9 heteroatoms. The lowest BCUT2D eigenvalue weighted by atomic mass is 10.2. The molecule has 30 heavy (non-hydrogen) atoms. The Morgan fingerprint density at radius 3 is 2.57 bits per heavy atom. The van der Waals surface area contributed by atoms with Crippen LogP contribution < -0.4 is 4.72 Å². The van der Waals surface area contributed by atoms with Crippen molar-refractivity contribution in [2.45, 2.75) is 10.8 Å². The van der Waals surface area contributed by atoms with Gasteiger partial charge < -0.3 is 4.74 Å². The first kappa shape index (κ1) is 19.9. The Balaban J connectivity index is 1.46. The number of sulfonamides is 1. The van der Waals surface area contributed by atoms with Gasteiger partial charge in [-0.2, -0.15) is 5.10 Å². The second-order valence-electron chi connectivity index (χ2n) is 6.29. The Hall–Kier alpha value is -3.43. The maximum atomic E-state index is 12.6. The topological polar surface area (TPSA) is 90.3 Å². The van der Waals surface area contributed by atoms with Gasteiger partial charge in [0.25, 0.3) is 10.0 Å². The summed E-state index contributed by atoms with van der Waals surface area (Å²) in [6.07, 6.45) is 3.39. The number of nitrogens with one attached hydrogen (secondary N) is 1. The quantitative estimate of drug-likeness (QED) is 0.438. The van der Waals surface area contributed by atoms with Gasteiger partial charge in [0.15, 0.2) is 0 Å². The number of aromatic nitrogens is 2. The van der Waals surface area contributed by atoms with E-state index in [4.69, 9.17) is 4.74 Å². The number of hydrogen-bond donors (Lipinski definition) is 1. The summed E-state index contributed by atoms with van der Waals surface area (Å²) >= 11 is 1.10. The van der Waals surface area contributed by atoms with Crippen molar-refractivity contribution in [3.63, 3.8) is 0 Å². The van der Waals surface area contributed by atoms with Gasteiger partial charge >= 0.3 is 5.97 Å². The zero-order valence-electron chi connectivity index (χ0n) is 15.6. The van der Waals surface area contributed by atoms with Crippen LogP contribution in [0.3, 0.4) is 0 Å². The van der Waals surface area contributed by atoms with Crippen molar-refractivity contribution in [3.8, 4) is 5.69 Å². The van der Waals surface area contributed by atoms with Crippen molar-refractivity contribution in [1.29, 1.82) is 0 Å². The van der Waals surface area contributed by atoms with Crippen molar-refractivity contribution >= 4 is 33.0 Å². The first-order valence-corrected chi connectivity index (χ1v) is 11.3. The Morgan fingerprint density at radius 2 is 1.80 bits per heavy atom. The first-order chi connectivity index (χ1) is 14.5. The minimum absolute atomic E-state index is 0.0116. The largest absolute Gasteiger partial charge is 0.457 e. The molecule has 0 aliphatic heterocycles. The number of thiophene rings is 1. The summed E-state index contributed by atoms with van der Waals surface area (Å²) in [7, 11) is -3.77. The monoisotopic (exact) mass is 439 g/mol. The van der Waals surface area contributed by atoms with Crippen LogP contribution in [0.15, 0.2) is 88.7 Å². The number of para-hydroxylation sites is 2. The number of anilines is 1. The number of carbonyl (C=O) groups excluding carboxylic acids is 1. The lowest BCUT2D eigenvalue weighted by Crippen LogP contribution is -2.15. The van der Waals surface area contributed by atoms with Crippen molar-refractivity contribution in [2.75, 3.05) is 4.72 Å². The highest BCUT2D eigenvalue weighted by atomic mass is 32.2. The van der Waals surface area contributed by atoms with Crippen LogP contribution in [0.5, 0.6) is 0 Å². The van der Waals surface area contributed by atoms with Crippen LogP contribution in [0, 0.1) is 0 Å². The predicted molar refractivity (Wildman–Crippen MR) is 114 cm³/mol. The molecule has 0 aliphatic carbocycles. The zero-order chi connectivity index (χ0) is 21.0. The van der Waals surface area contributed by atoms with E-state index in [0.717, 1.165) is 17.0 Å². The Kier molecular flexibility index (Phi) is 5.64. The van der Waals surface area contributed by atoms with Gasteiger partial charge in [0.1, 0.15) is 10.8 Å². The third kappa shape index (κ3) is 4.42.